The van der Waals surface area contributed by atoms with Gasteiger partial charge in [0.1, 0.15) is 38.0 Å². The van der Waals surface area contributed by atoms with Crippen LogP contribution in [0.25, 0.3) is 0 Å². The Morgan fingerprint density at radius 3 is 2.41 bits per heavy atom. The van der Waals surface area contributed by atoms with E-state index in [-0.39, 0.29) is 48.9 Å². The summed E-state index contributed by atoms with van der Waals surface area (Å²) in [5.74, 6) is 0.335. The van der Waals surface area contributed by atoms with E-state index < -0.39 is 10.0 Å². The van der Waals surface area contributed by atoms with E-state index in [1.807, 2.05) is 0 Å². The van der Waals surface area contributed by atoms with Gasteiger partial charge in [-0.2, -0.15) is 4.31 Å². The Kier molecular flexibility index (Phi) is 6.80. The molecule has 2 aliphatic heterocycles. The second kappa shape index (κ2) is 9.74. The van der Waals surface area contributed by atoms with Crippen LogP contribution in [0.4, 0.5) is 4.39 Å². The molecule has 2 aromatic rings. The molecule has 0 N–H and O–H groups in total. The third kappa shape index (κ3) is 5.13. The molecule has 2 aliphatic rings. The Bertz CT molecular complexity index is 1050. The van der Waals surface area contributed by atoms with Crippen LogP contribution < -0.4 is 14.2 Å². The summed E-state index contributed by atoms with van der Waals surface area (Å²) < 4.78 is 61.8. The van der Waals surface area contributed by atoms with Gasteiger partial charge in [0.2, 0.25) is 10.0 Å². The van der Waals surface area contributed by atoms with E-state index in [1.54, 1.807) is 6.07 Å². The van der Waals surface area contributed by atoms with Gasteiger partial charge in [-0.25, -0.2) is 12.8 Å². The number of hydrogen-bond acceptors (Lipinski definition) is 7. The zero-order chi connectivity index (χ0) is 22.6. The van der Waals surface area contributed by atoms with Gasteiger partial charge in [-0.3, -0.25) is 4.79 Å². The minimum absolute atomic E-state index is 0.0614. The molecule has 0 aliphatic carbocycles. The van der Waals surface area contributed by atoms with Gasteiger partial charge in [0.05, 0.1) is 10.8 Å². The first-order chi connectivity index (χ1) is 15.4. The van der Waals surface area contributed by atoms with Crippen molar-refractivity contribution in [3.8, 4) is 17.2 Å². The summed E-state index contributed by atoms with van der Waals surface area (Å²) in [5, 5.41) is 0. The molecule has 0 bridgehead atoms. The van der Waals surface area contributed by atoms with Gasteiger partial charge in [-0.05, 0) is 49.2 Å². The summed E-state index contributed by atoms with van der Waals surface area (Å²) in [7, 11) is -3.70. The first-order valence-corrected chi connectivity index (χ1v) is 11.8. The molecule has 2 aromatic carbocycles. The van der Waals surface area contributed by atoms with Gasteiger partial charge in [-0.1, -0.05) is 0 Å². The molecule has 4 rings (SSSR count). The van der Waals surface area contributed by atoms with Crippen molar-refractivity contribution in [2.24, 2.45) is 5.92 Å². The average Bonchev–Trinajstić information content (AvgIpc) is 2.82. The number of rotatable bonds is 7. The number of benzene rings is 2. The maximum Gasteiger partial charge on any atom is 0.309 e. The molecule has 172 valence electrons. The molecule has 1 fully saturated rings. The highest BCUT2D eigenvalue weighted by molar-refractivity contribution is 7.89. The maximum atomic E-state index is 13.0. The molecule has 0 radical (unpaired) electrons. The lowest BCUT2D eigenvalue weighted by atomic mass is 9.98. The van der Waals surface area contributed by atoms with Crippen molar-refractivity contribution in [2.75, 3.05) is 39.5 Å². The number of hydrogen-bond donors (Lipinski definition) is 0. The van der Waals surface area contributed by atoms with Crippen LogP contribution in [0.3, 0.4) is 0 Å². The van der Waals surface area contributed by atoms with E-state index in [2.05, 4.69) is 0 Å². The van der Waals surface area contributed by atoms with Gasteiger partial charge < -0.3 is 18.9 Å². The molecular formula is C22H24FNO7S. The van der Waals surface area contributed by atoms with Crippen molar-refractivity contribution in [3.05, 3.63) is 48.3 Å². The van der Waals surface area contributed by atoms with Crippen molar-refractivity contribution >= 4 is 16.0 Å². The summed E-state index contributed by atoms with van der Waals surface area (Å²) in [6.07, 6.45) is 0.753. The first-order valence-electron chi connectivity index (χ1n) is 10.4. The van der Waals surface area contributed by atoms with Gasteiger partial charge in [0, 0.05) is 19.2 Å². The fourth-order valence-electron chi connectivity index (χ4n) is 3.62. The second-order valence-corrected chi connectivity index (χ2v) is 9.39. The molecule has 1 saturated heterocycles. The van der Waals surface area contributed by atoms with Crippen molar-refractivity contribution in [3.63, 3.8) is 0 Å². The van der Waals surface area contributed by atoms with Crippen LogP contribution >= 0.6 is 0 Å². The first kappa shape index (κ1) is 22.3. The van der Waals surface area contributed by atoms with E-state index in [4.69, 9.17) is 18.9 Å². The Labute approximate surface area is 185 Å². The molecule has 10 heteroatoms. The van der Waals surface area contributed by atoms with E-state index in [0.717, 1.165) is 0 Å². The highest BCUT2D eigenvalue weighted by atomic mass is 32.2. The largest absolute Gasteiger partial charge is 0.490 e. The topological polar surface area (TPSA) is 91.4 Å². The minimum atomic E-state index is -3.70. The number of nitrogens with zero attached hydrogens (tertiary/aromatic N) is 1. The Hall–Kier alpha value is -2.85. The van der Waals surface area contributed by atoms with Crippen LogP contribution in [-0.4, -0.2) is 58.2 Å². The number of carbonyl (C=O) groups is 1. The lowest BCUT2D eigenvalue weighted by Gasteiger charge is -2.30. The molecular weight excluding hydrogens is 441 g/mol. The molecule has 0 spiro atoms. The Morgan fingerprint density at radius 1 is 1.00 bits per heavy atom. The molecule has 32 heavy (non-hydrogen) atoms. The van der Waals surface area contributed by atoms with Gasteiger partial charge in [0.25, 0.3) is 0 Å². The van der Waals surface area contributed by atoms with Crippen LogP contribution in [0.2, 0.25) is 0 Å². The third-order valence-corrected chi connectivity index (χ3v) is 7.24. The van der Waals surface area contributed by atoms with E-state index in [1.165, 1.54) is 40.7 Å². The lowest BCUT2D eigenvalue weighted by molar-refractivity contribution is -0.150. The number of piperidine rings is 1. The van der Waals surface area contributed by atoms with Crippen LogP contribution in [0.15, 0.2) is 47.4 Å². The number of esters is 1. The van der Waals surface area contributed by atoms with Crippen LogP contribution in [-0.2, 0) is 19.6 Å². The molecule has 0 unspecified atom stereocenters. The third-order valence-electron chi connectivity index (χ3n) is 5.35. The van der Waals surface area contributed by atoms with Crippen molar-refractivity contribution in [2.45, 2.75) is 17.7 Å². The smallest absolute Gasteiger partial charge is 0.309 e. The van der Waals surface area contributed by atoms with Crippen LogP contribution in [0.5, 0.6) is 17.2 Å². The number of halogens is 1. The summed E-state index contributed by atoms with van der Waals surface area (Å²) in [4.78, 5) is 12.5. The predicted molar refractivity (Wildman–Crippen MR) is 112 cm³/mol. The monoisotopic (exact) mass is 465 g/mol. The normalized spacial score (nSPS) is 17.0. The molecule has 8 nitrogen and oxygen atoms in total. The Morgan fingerprint density at radius 2 is 1.69 bits per heavy atom. The highest BCUT2D eigenvalue weighted by Gasteiger charge is 2.33. The van der Waals surface area contributed by atoms with Crippen molar-refractivity contribution in [1.29, 1.82) is 0 Å². The molecule has 2 heterocycles. The van der Waals surface area contributed by atoms with Crippen LogP contribution in [0.1, 0.15) is 12.8 Å². The minimum Gasteiger partial charge on any atom is -0.490 e. The predicted octanol–water partition coefficient (Wildman–Crippen LogP) is 2.62. The average molecular weight is 465 g/mol. The molecule has 0 saturated carbocycles. The summed E-state index contributed by atoms with van der Waals surface area (Å²) in [6.45, 7) is 1.46. The number of carbonyl (C=O) groups excluding carboxylic acids is 1. The lowest BCUT2D eigenvalue weighted by Crippen LogP contribution is -2.40. The maximum absolute atomic E-state index is 13.0. The summed E-state index contributed by atoms with van der Waals surface area (Å²) in [5.41, 5.74) is 0. The van der Waals surface area contributed by atoms with Crippen molar-refractivity contribution < 1.29 is 36.6 Å². The molecule has 0 atom stereocenters. The molecule has 0 aromatic heterocycles. The number of ether oxygens (including phenoxy) is 4. The van der Waals surface area contributed by atoms with Gasteiger partial charge in [-0.15, -0.1) is 0 Å². The number of sulfonamides is 1. The summed E-state index contributed by atoms with van der Waals surface area (Å²) >= 11 is 0. The van der Waals surface area contributed by atoms with Gasteiger partial charge >= 0.3 is 5.97 Å². The highest BCUT2D eigenvalue weighted by Crippen LogP contribution is 2.34. The Balaban J connectivity index is 1.25. The fraction of sp³-hybridized carbons (Fsp3) is 0.409. The summed E-state index contributed by atoms with van der Waals surface area (Å²) in [6, 6.07) is 10.1. The second-order valence-electron chi connectivity index (χ2n) is 7.45. The number of fused-ring (bicyclic) bond motifs is 1. The quantitative estimate of drug-likeness (QED) is 0.459. The van der Waals surface area contributed by atoms with Gasteiger partial charge in [0.15, 0.2) is 11.5 Å². The van der Waals surface area contributed by atoms with E-state index in [9.17, 15) is 17.6 Å². The van der Waals surface area contributed by atoms with Crippen LogP contribution in [0, 0.1) is 11.7 Å². The zero-order valence-electron chi connectivity index (χ0n) is 17.4. The molecule has 0 amide bonds. The fourth-order valence-corrected chi connectivity index (χ4v) is 5.10. The van der Waals surface area contributed by atoms with E-state index >= 15 is 0 Å². The van der Waals surface area contributed by atoms with Crippen molar-refractivity contribution in [1.82, 2.24) is 4.31 Å². The zero-order valence-corrected chi connectivity index (χ0v) is 18.2. The van der Waals surface area contributed by atoms with E-state index in [0.29, 0.717) is 43.3 Å². The standard InChI is InChI=1S/C22H24FNO7S/c23-17-1-3-18(4-2-17)28-11-14-31-22(25)16-7-9-24(10-8-16)32(26,27)19-5-6-20-21(15-19)30-13-12-29-20/h1-6,15-16H,7-14H2. The SMILES string of the molecule is O=C(OCCOc1ccc(F)cc1)C1CCN(S(=O)(=O)c2ccc3c(c2)OCCO3)CC1.